The molecule has 1 saturated heterocycles. The highest BCUT2D eigenvalue weighted by Crippen LogP contribution is 2.30. The lowest BCUT2D eigenvalue weighted by molar-refractivity contribution is -0.152. The summed E-state index contributed by atoms with van der Waals surface area (Å²) in [6, 6.07) is 0. The van der Waals surface area contributed by atoms with Crippen LogP contribution in [0.2, 0.25) is 0 Å². The van der Waals surface area contributed by atoms with E-state index in [0.717, 1.165) is 51.4 Å². The quantitative estimate of drug-likeness (QED) is 0.0300. The van der Waals surface area contributed by atoms with Gasteiger partial charge in [-0.25, -0.2) is 0 Å². The molecule has 0 radical (unpaired) electrons. The first-order valence-corrected chi connectivity index (χ1v) is 21.4. The van der Waals surface area contributed by atoms with E-state index in [-0.39, 0.29) is 25.2 Å². The molecule has 1 aliphatic heterocycles. The SMILES string of the molecule is CCCCCCCCCCCCCCCCCCCCCC(=O)OC[C@@H](O)COC(=O)CCCCCCC/C=C\CC1OC1CCCCC. The van der Waals surface area contributed by atoms with E-state index in [1.165, 1.54) is 141 Å². The number of rotatable bonds is 38. The number of epoxide rings is 1. The molecule has 6 heteroatoms. The predicted molar refractivity (Wildman–Crippen MR) is 205 cm³/mol. The summed E-state index contributed by atoms with van der Waals surface area (Å²) in [5, 5.41) is 10.0. The fourth-order valence-corrected chi connectivity index (χ4v) is 6.56. The molecule has 1 heterocycles. The Kier molecular flexibility index (Phi) is 32.6. The Morgan fingerprint density at radius 1 is 0.531 bits per heavy atom. The lowest BCUT2D eigenvalue weighted by Crippen LogP contribution is -2.25. The highest BCUT2D eigenvalue weighted by Gasteiger charge is 2.36. The average Bonchev–Trinajstić information content (AvgIpc) is 3.86. The largest absolute Gasteiger partial charge is 0.463 e. The summed E-state index contributed by atoms with van der Waals surface area (Å²) in [7, 11) is 0. The Morgan fingerprint density at radius 3 is 1.37 bits per heavy atom. The number of aliphatic hydroxyl groups is 1. The van der Waals surface area contributed by atoms with Gasteiger partial charge >= 0.3 is 11.9 Å². The topological polar surface area (TPSA) is 85.4 Å². The van der Waals surface area contributed by atoms with Crippen molar-refractivity contribution >= 4 is 11.9 Å². The van der Waals surface area contributed by atoms with Crippen LogP contribution in [0.15, 0.2) is 12.2 Å². The van der Waals surface area contributed by atoms with E-state index in [1.807, 2.05) is 0 Å². The van der Waals surface area contributed by atoms with Crippen LogP contribution in [-0.2, 0) is 23.8 Å². The van der Waals surface area contributed by atoms with Crippen LogP contribution < -0.4 is 0 Å². The second kappa shape index (κ2) is 35.0. The number of allylic oxidation sites excluding steroid dienone is 1. The van der Waals surface area contributed by atoms with E-state index in [0.29, 0.717) is 25.0 Å². The maximum atomic E-state index is 12.0. The van der Waals surface area contributed by atoms with Gasteiger partial charge in [0.15, 0.2) is 0 Å². The molecule has 1 fully saturated rings. The molecule has 3 atom stereocenters. The van der Waals surface area contributed by atoms with E-state index < -0.39 is 6.10 Å². The lowest BCUT2D eigenvalue weighted by Gasteiger charge is -2.12. The molecule has 6 nitrogen and oxygen atoms in total. The predicted octanol–water partition coefficient (Wildman–Crippen LogP) is 12.3. The minimum absolute atomic E-state index is 0.118. The minimum atomic E-state index is -0.968. The first kappa shape index (κ1) is 45.6. The summed E-state index contributed by atoms with van der Waals surface area (Å²) in [5.74, 6) is -0.575. The second-order valence-electron chi connectivity index (χ2n) is 14.9. The molecule has 288 valence electrons. The van der Waals surface area contributed by atoms with Crippen LogP contribution in [0, 0.1) is 0 Å². The third kappa shape index (κ3) is 32.3. The van der Waals surface area contributed by atoms with Gasteiger partial charge in [0.1, 0.15) is 19.3 Å². The Morgan fingerprint density at radius 2 is 0.918 bits per heavy atom. The Bertz CT molecular complexity index is 767. The van der Waals surface area contributed by atoms with Gasteiger partial charge in [-0.3, -0.25) is 9.59 Å². The van der Waals surface area contributed by atoms with Gasteiger partial charge in [-0.05, 0) is 38.5 Å². The summed E-state index contributed by atoms with van der Waals surface area (Å²) in [5.41, 5.74) is 0. The summed E-state index contributed by atoms with van der Waals surface area (Å²) in [6.07, 6.45) is 43.0. The third-order valence-electron chi connectivity index (χ3n) is 9.92. The zero-order valence-electron chi connectivity index (χ0n) is 32.4. The second-order valence-corrected chi connectivity index (χ2v) is 14.9. The number of ether oxygens (including phenoxy) is 3. The molecule has 0 aromatic rings. The van der Waals surface area contributed by atoms with Crippen LogP contribution in [0.1, 0.15) is 219 Å². The van der Waals surface area contributed by atoms with Gasteiger partial charge in [-0.15, -0.1) is 0 Å². The Hall–Kier alpha value is -1.40. The molecular formula is C43H80O6. The molecular weight excluding hydrogens is 612 g/mol. The van der Waals surface area contributed by atoms with Gasteiger partial charge in [0, 0.05) is 12.8 Å². The summed E-state index contributed by atoms with van der Waals surface area (Å²) in [6.45, 7) is 4.28. The highest BCUT2D eigenvalue weighted by atomic mass is 16.6. The van der Waals surface area contributed by atoms with Crippen molar-refractivity contribution in [3.63, 3.8) is 0 Å². The van der Waals surface area contributed by atoms with Crippen LogP contribution in [0.25, 0.3) is 0 Å². The smallest absolute Gasteiger partial charge is 0.305 e. The molecule has 0 spiro atoms. The molecule has 1 aliphatic rings. The van der Waals surface area contributed by atoms with Gasteiger partial charge in [0.25, 0.3) is 0 Å². The number of carbonyl (C=O) groups is 2. The average molecular weight is 693 g/mol. The summed E-state index contributed by atoms with van der Waals surface area (Å²) in [4.78, 5) is 24.0. The van der Waals surface area contributed by atoms with Gasteiger partial charge < -0.3 is 19.3 Å². The standard InChI is InChI=1S/C43H80O6/c1-3-5-7-8-9-10-11-12-13-14-15-16-17-18-19-20-24-27-31-35-42(45)47-37-39(44)38-48-43(46)36-32-28-25-22-21-23-26-30-34-41-40(49-41)33-29-6-4-2/h26,30,39-41,44H,3-25,27-29,31-38H2,1-2H3/b30-26-/t39-,40?,41?/m1/s1. The molecule has 0 bridgehead atoms. The van der Waals surface area contributed by atoms with Crippen LogP contribution in [-0.4, -0.2) is 48.6 Å². The van der Waals surface area contributed by atoms with E-state index in [1.54, 1.807) is 0 Å². The summed E-state index contributed by atoms with van der Waals surface area (Å²) < 4.78 is 16.1. The van der Waals surface area contributed by atoms with Gasteiger partial charge in [0.05, 0.1) is 12.2 Å². The van der Waals surface area contributed by atoms with Crippen molar-refractivity contribution in [3.05, 3.63) is 12.2 Å². The van der Waals surface area contributed by atoms with E-state index >= 15 is 0 Å². The molecule has 0 aromatic carbocycles. The number of unbranched alkanes of at least 4 members (excludes halogenated alkanes) is 25. The molecule has 0 saturated carbocycles. The maximum absolute atomic E-state index is 12.0. The number of carbonyl (C=O) groups excluding carboxylic acids is 2. The molecule has 0 aliphatic carbocycles. The minimum Gasteiger partial charge on any atom is -0.463 e. The van der Waals surface area contributed by atoms with Crippen LogP contribution in [0.5, 0.6) is 0 Å². The van der Waals surface area contributed by atoms with Gasteiger partial charge in [0.2, 0.25) is 0 Å². The van der Waals surface area contributed by atoms with Crippen LogP contribution in [0.4, 0.5) is 0 Å². The lowest BCUT2D eigenvalue weighted by atomic mass is 10.0. The zero-order valence-corrected chi connectivity index (χ0v) is 32.4. The Labute approximate surface area is 303 Å². The van der Waals surface area contributed by atoms with E-state index in [4.69, 9.17) is 14.2 Å². The molecule has 49 heavy (non-hydrogen) atoms. The first-order chi connectivity index (χ1) is 24.1. The fourth-order valence-electron chi connectivity index (χ4n) is 6.56. The number of esters is 2. The molecule has 1 N–H and O–H groups in total. The van der Waals surface area contributed by atoms with Crippen molar-refractivity contribution < 1.29 is 28.9 Å². The monoisotopic (exact) mass is 693 g/mol. The number of hydrogen-bond donors (Lipinski definition) is 1. The normalized spacial score (nSPS) is 16.3. The van der Waals surface area contributed by atoms with E-state index in [2.05, 4.69) is 26.0 Å². The zero-order chi connectivity index (χ0) is 35.5. The van der Waals surface area contributed by atoms with Crippen LogP contribution in [0.3, 0.4) is 0 Å². The van der Waals surface area contributed by atoms with Crippen molar-refractivity contribution in [2.75, 3.05) is 13.2 Å². The fraction of sp³-hybridized carbons (Fsp3) is 0.907. The Balaban J connectivity index is 1.78. The molecule has 0 amide bonds. The summed E-state index contributed by atoms with van der Waals surface area (Å²) >= 11 is 0. The van der Waals surface area contributed by atoms with Gasteiger partial charge in [-0.2, -0.15) is 0 Å². The van der Waals surface area contributed by atoms with Crippen molar-refractivity contribution in [2.24, 2.45) is 0 Å². The number of aliphatic hydroxyl groups excluding tert-OH is 1. The highest BCUT2D eigenvalue weighted by molar-refractivity contribution is 5.69. The van der Waals surface area contributed by atoms with Gasteiger partial charge in [-0.1, -0.05) is 180 Å². The van der Waals surface area contributed by atoms with Crippen LogP contribution >= 0.6 is 0 Å². The van der Waals surface area contributed by atoms with Crippen molar-refractivity contribution in [2.45, 2.75) is 238 Å². The molecule has 2 unspecified atom stereocenters. The van der Waals surface area contributed by atoms with Crippen molar-refractivity contribution in [1.82, 2.24) is 0 Å². The molecule has 1 rings (SSSR count). The van der Waals surface area contributed by atoms with Crippen molar-refractivity contribution in [1.29, 1.82) is 0 Å². The third-order valence-corrected chi connectivity index (χ3v) is 9.92. The first-order valence-electron chi connectivity index (χ1n) is 21.4. The van der Waals surface area contributed by atoms with E-state index in [9.17, 15) is 14.7 Å². The number of hydrogen-bond acceptors (Lipinski definition) is 6. The molecule has 0 aromatic heterocycles. The van der Waals surface area contributed by atoms with Crippen molar-refractivity contribution in [3.8, 4) is 0 Å². The maximum Gasteiger partial charge on any atom is 0.305 e.